The van der Waals surface area contributed by atoms with E-state index in [4.69, 9.17) is 21.4 Å². The van der Waals surface area contributed by atoms with Gasteiger partial charge in [-0.2, -0.15) is 9.88 Å². The van der Waals surface area contributed by atoms with Crippen LogP contribution in [-0.4, -0.2) is 53.4 Å². The largest absolute Gasteiger partial charge is 0.465 e. The zero-order valence-corrected chi connectivity index (χ0v) is 16.7. The van der Waals surface area contributed by atoms with Gasteiger partial charge in [-0.25, -0.2) is 14.5 Å². The topological polar surface area (TPSA) is 89.1 Å². The molecule has 3 rings (SSSR count). The number of benzene rings is 1. The molecule has 1 aromatic heterocycles. The van der Waals surface area contributed by atoms with E-state index in [9.17, 15) is 9.59 Å². The van der Waals surface area contributed by atoms with Gasteiger partial charge in [-0.05, 0) is 24.1 Å². The number of rotatable bonds is 8. The number of hydrogen-bond donors (Lipinski definition) is 2. The van der Waals surface area contributed by atoms with Gasteiger partial charge in [-0.3, -0.25) is 4.57 Å². The molecule has 2 heterocycles. The molecule has 0 fully saturated rings. The summed E-state index contributed by atoms with van der Waals surface area (Å²) in [6.45, 7) is 2.92. The van der Waals surface area contributed by atoms with Crippen molar-refractivity contribution in [2.75, 3.05) is 31.7 Å². The molecule has 1 aliphatic rings. The van der Waals surface area contributed by atoms with Crippen molar-refractivity contribution in [2.45, 2.75) is 26.3 Å². The number of carbonyl (C=O) groups is 2. The number of urea groups is 1. The molecular formula is C19H24ClN4O4+. The number of aromatic nitrogens is 2. The number of nitrogens with zero attached hydrogens (tertiary/aromatic N) is 3. The second-order valence-corrected chi connectivity index (χ2v) is 7.06. The van der Waals surface area contributed by atoms with E-state index >= 15 is 0 Å². The molecule has 0 saturated carbocycles. The normalized spacial score (nSPS) is 16.4. The highest BCUT2D eigenvalue weighted by Crippen LogP contribution is 2.28. The fourth-order valence-corrected chi connectivity index (χ4v) is 3.24. The summed E-state index contributed by atoms with van der Waals surface area (Å²) in [6, 6.07) is 7.22. The maximum Gasteiger partial charge on any atom is 0.430 e. The molecule has 0 saturated heterocycles. The lowest BCUT2D eigenvalue weighted by atomic mass is 10.2. The Morgan fingerprint density at radius 2 is 1.96 bits per heavy atom. The van der Waals surface area contributed by atoms with Gasteiger partial charge in [0.05, 0.1) is 19.7 Å². The highest BCUT2D eigenvalue weighted by molar-refractivity contribution is 6.30. The Labute approximate surface area is 168 Å². The standard InChI is InChI=1S/C19H23ClN4O4/c1-3-11-28-18-21-16-15(24(18)12-13-5-7-14(20)8-6-13)17(26)23(9-4-10-25)19(27)22(16)2/h5-8,25H,3-4,9-12H2,1-2H3/p+1. The molecule has 28 heavy (non-hydrogen) atoms. The molecule has 3 amide bonds. The van der Waals surface area contributed by atoms with E-state index in [2.05, 4.69) is 4.98 Å². The molecule has 0 bridgehead atoms. The first-order chi connectivity index (χ1) is 13.5. The van der Waals surface area contributed by atoms with Crippen LogP contribution in [-0.2, 0) is 6.54 Å². The zero-order valence-electron chi connectivity index (χ0n) is 15.9. The van der Waals surface area contributed by atoms with Gasteiger partial charge in [0, 0.05) is 25.1 Å². The number of imidazole rings is 1. The van der Waals surface area contributed by atoms with E-state index in [-0.39, 0.29) is 30.0 Å². The lowest BCUT2D eigenvalue weighted by molar-refractivity contribution is -0.724. The van der Waals surface area contributed by atoms with Crippen LogP contribution in [0, 0.1) is 0 Å². The Morgan fingerprint density at radius 1 is 1.25 bits per heavy atom. The highest BCUT2D eigenvalue weighted by atomic mass is 35.5. The average molecular weight is 408 g/mol. The predicted octanol–water partition coefficient (Wildman–Crippen LogP) is 1.35. The molecular weight excluding hydrogens is 384 g/mol. The molecule has 2 aromatic rings. The van der Waals surface area contributed by atoms with Gasteiger partial charge in [0.25, 0.3) is 6.01 Å². The van der Waals surface area contributed by atoms with E-state index in [1.54, 1.807) is 23.7 Å². The monoisotopic (exact) mass is 407 g/mol. The molecule has 1 unspecified atom stereocenters. The minimum Gasteiger partial charge on any atom is -0.465 e. The summed E-state index contributed by atoms with van der Waals surface area (Å²) < 4.78 is 7.48. The summed E-state index contributed by atoms with van der Waals surface area (Å²) in [6.07, 6.45) is 1.13. The number of halogens is 1. The lowest BCUT2D eigenvalue weighted by Gasteiger charge is -2.25. The Kier molecular flexibility index (Phi) is 6.33. The van der Waals surface area contributed by atoms with Gasteiger partial charge in [0.15, 0.2) is 11.5 Å². The quantitative estimate of drug-likeness (QED) is 0.689. The zero-order chi connectivity index (χ0) is 20.3. The lowest BCUT2D eigenvalue weighted by Crippen LogP contribution is -3.19. The Bertz CT molecular complexity index is 866. The molecule has 0 aliphatic carbocycles. The Morgan fingerprint density at radius 3 is 2.61 bits per heavy atom. The van der Waals surface area contributed by atoms with Crippen molar-refractivity contribution in [3.8, 4) is 6.01 Å². The SMILES string of the molecule is CCCOc1nc2c(n1Cc1ccc(Cl)cc1)C(=O)[NH+](CCCO)C(=O)N2C. The first kappa shape index (κ1) is 20.3. The summed E-state index contributed by atoms with van der Waals surface area (Å²) in [5.74, 6) is -0.0674. The van der Waals surface area contributed by atoms with Crippen LogP contribution in [0.2, 0.25) is 5.02 Å². The minimum absolute atomic E-state index is 0.0878. The molecule has 1 aromatic carbocycles. The second-order valence-electron chi connectivity index (χ2n) is 6.63. The number of aliphatic hydroxyl groups is 1. The van der Waals surface area contributed by atoms with Gasteiger partial charge in [0.1, 0.15) is 0 Å². The van der Waals surface area contributed by atoms with Crippen molar-refractivity contribution in [2.24, 2.45) is 0 Å². The van der Waals surface area contributed by atoms with Crippen LogP contribution in [0.25, 0.3) is 0 Å². The highest BCUT2D eigenvalue weighted by Gasteiger charge is 2.45. The number of fused-ring (bicyclic) bond motifs is 1. The first-order valence-corrected chi connectivity index (χ1v) is 9.62. The summed E-state index contributed by atoms with van der Waals surface area (Å²) in [5.41, 5.74) is 1.26. The van der Waals surface area contributed by atoms with Crippen LogP contribution < -0.4 is 14.5 Å². The van der Waals surface area contributed by atoms with Crippen molar-refractivity contribution < 1.29 is 24.3 Å². The van der Waals surface area contributed by atoms with Crippen molar-refractivity contribution in [3.63, 3.8) is 0 Å². The molecule has 150 valence electrons. The fourth-order valence-electron chi connectivity index (χ4n) is 3.12. The first-order valence-electron chi connectivity index (χ1n) is 9.25. The van der Waals surface area contributed by atoms with Crippen molar-refractivity contribution in [1.82, 2.24) is 9.55 Å². The summed E-state index contributed by atoms with van der Waals surface area (Å²) in [7, 11) is 1.59. The Balaban J connectivity index is 2.05. The molecule has 1 atom stereocenters. The average Bonchev–Trinajstić information content (AvgIpc) is 3.05. The number of amides is 3. The number of nitrogens with one attached hydrogen (secondary N) is 1. The second kappa shape index (κ2) is 8.72. The van der Waals surface area contributed by atoms with E-state index in [0.717, 1.165) is 12.0 Å². The number of hydrogen-bond acceptors (Lipinski definition) is 5. The van der Waals surface area contributed by atoms with Crippen LogP contribution >= 0.6 is 11.6 Å². The van der Waals surface area contributed by atoms with Crippen LogP contribution in [0.15, 0.2) is 24.3 Å². The summed E-state index contributed by atoms with van der Waals surface area (Å²) in [5, 5.41) is 9.73. The third kappa shape index (κ3) is 3.89. The number of imide groups is 1. The van der Waals surface area contributed by atoms with Gasteiger partial charge in [-0.1, -0.05) is 30.7 Å². The predicted molar refractivity (Wildman–Crippen MR) is 104 cm³/mol. The number of carbonyl (C=O) groups excluding carboxylic acids is 2. The maximum atomic E-state index is 13.1. The number of anilines is 1. The van der Waals surface area contributed by atoms with E-state index < -0.39 is 0 Å². The van der Waals surface area contributed by atoms with Gasteiger partial charge < -0.3 is 9.84 Å². The van der Waals surface area contributed by atoms with Crippen LogP contribution in [0.1, 0.15) is 35.8 Å². The summed E-state index contributed by atoms with van der Waals surface area (Å²) >= 11 is 5.97. The maximum absolute atomic E-state index is 13.1. The molecule has 8 nitrogen and oxygen atoms in total. The van der Waals surface area contributed by atoms with Gasteiger partial charge >= 0.3 is 11.9 Å². The van der Waals surface area contributed by atoms with Crippen molar-refractivity contribution in [1.29, 1.82) is 0 Å². The van der Waals surface area contributed by atoms with Crippen molar-refractivity contribution in [3.05, 3.63) is 40.5 Å². The molecule has 0 spiro atoms. The third-order valence-electron chi connectivity index (χ3n) is 4.56. The van der Waals surface area contributed by atoms with Crippen LogP contribution in [0.4, 0.5) is 10.6 Å². The molecule has 9 heteroatoms. The third-order valence-corrected chi connectivity index (χ3v) is 4.81. The molecule has 1 aliphatic heterocycles. The minimum atomic E-state index is -0.385. The van der Waals surface area contributed by atoms with Crippen LogP contribution in [0.3, 0.4) is 0 Å². The Hall–Kier alpha value is -2.42. The number of quaternary nitrogens is 1. The smallest absolute Gasteiger partial charge is 0.430 e. The van der Waals surface area contributed by atoms with Crippen LogP contribution in [0.5, 0.6) is 6.01 Å². The fraction of sp³-hybridized carbons (Fsp3) is 0.421. The summed E-state index contributed by atoms with van der Waals surface area (Å²) in [4.78, 5) is 31.7. The van der Waals surface area contributed by atoms with Gasteiger partial charge in [-0.15, -0.1) is 0 Å². The van der Waals surface area contributed by atoms with E-state index in [0.29, 0.717) is 42.1 Å². The van der Waals surface area contributed by atoms with E-state index in [1.807, 2.05) is 19.1 Å². The molecule has 2 N–H and O–H groups in total. The number of ether oxygens (including phenoxy) is 1. The van der Waals surface area contributed by atoms with Gasteiger partial charge in [0.2, 0.25) is 0 Å². The number of aliphatic hydroxyl groups excluding tert-OH is 1. The molecule has 0 radical (unpaired) electrons. The van der Waals surface area contributed by atoms with E-state index in [1.165, 1.54) is 4.90 Å². The van der Waals surface area contributed by atoms with Crippen molar-refractivity contribution >= 4 is 29.4 Å².